The summed E-state index contributed by atoms with van der Waals surface area (Å²) in [6.07, 6.45) is 2.97. The van der Waals surface area contributed by atoms with E-state index in [0.717, 1.165) is 10.3 Å². The number of alkyl halides is 3. The Morgan fingerprint density at radius 3 is 2.56 bits per heavy atom. The van der Waals surface area contributed by atoms with Gasteiger partial charge in [-0.25, -0.2) is 9.67 Å². The van der Waals surface area contributed by atoms with Gasteiger partial charge in [-0.1, -0.05) is 18.2 Å². The maximum atomic E-state index is 13.3. The van der Waals surface area contributed by atoms with Crippen molar-refractivity contribution >= 4 is 5.91 Å². The number of aromatic nitrogens is 5. The lowest BCUT2D eigenvalue weighted by Gasteiger charge is -2.18. The van der Waals surface area contributed by atoms with Crippen LogP contribution in [0.3, 0.4) is 0 Å². The Labute approximate surface area is 181 Å². The molecule has 0 N–H and O–H groups in total. The van der Waals surface area contributed by atoms with E-state index in [2.05, 4.69) is 15.1 Å². The molecule has 0 bridgehead atoms. The van der Waals surface area contributed by atoms with Gasteiger partial charge < -0.3 is 9.47 Å². The van der Waals surface area contributed by atoms with Crippen molar-refractivity contribution in [2.24, 2.45) is 0 Å². The first-order valence-corrected chi connectivity index (χ1v) is 9.69. The molecule has 7 nitrogen and oxygen atoms in total. The summed E-state index contributed by atoms with van der Waals surface area (Å²) in [6, 6.07) is 12.8. The molecule has 1 amide bonds. The highest BCUT2D eigenvalue weighted by Crippen LogP contribution is 2.25. The number of benzene rings is 1. The summed E-state index contributed by atoms with van der Waals surface area (Å²) in [7, 11) is 1.52. The maximum absolute atomic E-state index is 13.3. The average molecular weight is 440 g/mol. The smallest absolute Gasteiger partial charge is 0.334 e. The van der Waals surface area contributed by atoms with Crippen molar-refractivity contribution in [3.05, 3.63) is 84.8 Å². The van der Waals surface area contributed by atoms with Gasteiger partial charge >= 0.3 is 6.18 Å². The van der Waals surface area contributed by atoms with E-state index in [9.17, 15) is 18.0 Å². The van der Waals surface area contributed by atoms with Crippen LogP contribution in [0.15, 0.2) is 73.4 Å². The third-order valence-electron chi connectivity index (χ3n) is 4.78. The molecule has 0 saturated carbocycles. The zero-order valence-corrected chi connectivity index (χ0v) is 17.1. The fourth-order valence-electron chi connectivity index (χ4n) is 3.28. The molecule has 0 spiro atoms. The van der Waals surface area contributed by atoms with Crippen LogP contribution in [0.2, 0.25) is 0 Å². The lowest BCUT2D eigenvalue weighted by atomic mass is 10.1. The number of halogens is 3. The number of carbonyl (C=O) groups excluding carboxylic acids is 1. The Morgan fingerprint density at radius 2 is 1.88 bits per heavy atom. The molecule has 0 saturated heterocycles. The van der Waals surface area contributed by atoms with Crippen LogP contribution in [0.4, 0.5) is 13.2 Å². The number of hydrogen-bond donors (Lipinski definition) is 0. The Bertz CT molecular complexity index is 1200. The molecule has 0 aliphatic rings. The molecule has 3 aromatic heterocycles. The highest BCUT2D eigenvalue weighted by Gasteiger charge is 2.29. The van der Waals surface area contributed by atoms with Crippen LogP contribution in [0.25, 0.3) is 16.9 Å². The van der Waals surface area contributed by atoms with Crippen LogP contribution >= 0.6 is 0 Å². The van der Waals surface area contributed by atoms with Gasteiger partial charge in [0.1, 0.15) is 18.1 Å². The second-order valence-corrected chi connectivity index (χ2v) is 7.16. The van der Waals surface area contributed by atoms with E-state index < -0.39 is 18.6 Å². The third-order valence-corrected chi connectivity index (χ3v) is 4.78. The monoisotopic (exact) mass is 440 g/mol. The number of amides is 1. The van der Waals surface area contributed by atoms with Gasteiger partial charge in [0.05, 0.1) is 17.8 Å². The second-order valence-electron chi connectivity index (χ2n) is 7.16. The summed E-state index contributed by atoms with van der Waals surface area (Å²) in [5.41, 5.74) is 2.15. The quantitative estimate of drug-likeness (QED) is 0.455. The minimum absolute atomic E-state index is 0.0924. The highest BCUT2D eigenvalue weighted by atomic mass is 19.4. The zero-order chi connectivity index (χ0) is 22.7. The fraction of sp³-hybridized carbons (Fsp3) is 0.182. The summed E-state index contributed by atoms with van der Waals surface area (Å²) in [6.45, 7) is -1.26. The summed E-state index contributed by atoms with van der Waals surface area (Å²) >= 11 is 0. The molecule has 0 aliphatic carbocycles. The van der Waals surface area contributed by atoms with Crippen LogP contribution in [0.5, 0.6) is 0 Å². The Kier molecular flexibility index (Phi) is 5.76. The zero-order valence-electron chi connectivity index (χ0n) is 17.1. The Morgan fingerprint density at radius 1 is 1.09 bits per heavy atom. The molecular formula is C22H19F3N6O. The van der Waals surface area contributed by atoms with Gasteiger partial charge in [-0.2, -0.15) is 18.3 Å². The number of nitrogens with zero attached hydrogens (tertiary/aromatic N) is 6. The maximum Gasteiger partial charge on any atom is 0.406 e. The molecule has 0 aliphatic heterocycles. The molecule has 0 fully saturated rings. The first-order valence-electron chi connectivity index (χ1n) is 9.69. The molecule has 1 aromatic carbocycles. The van der Waals surface area contributed by atoms with Gasteiger partial charge in [-0.15, -0.1) is 0 Å². The number of imidazole rings is 1. The molecule has 4 rings (SSSR count). The van der Waals surface area contributed by atoms with E-state index in [1.54, 1.807) is 35.4 Å². The fourth-order valence-corrected chi connectivity index (χ4v) is 3.28. The van der Waals surface area contributed by atoms with E-state index in [4.69, 9.17) is 0 Å². The predicted octanol–water partition coefficient (Wildman–Crippen LogP) is 3.97. The van der Waals surface area contributed by atoms with Crippen molar-refractivity contribution in [2.75, 3.05) is 7.05 Å². The lowest BCUT2D eigenvalue weighted by Crippen LogP contribution is -2.29. The van der Waals surface area contributed by atoms with Gasteiger partial charge in [0.15, 0.2) is 0 Å². The second kappa shape index (κ2) is 8.66. The van der Waals surface area contributed by atoms with Crippen LogP contribution in [-0.4, -0.2) is 48.3 Å². The minimum Gasteiger partial charge on any atom is -0.334 e. The van der Waals surface area contributed by atoms with Gasteiger partial charge in [0.25, 0.3) is 5.91 Å². The van der Waals surface area contributed by atoms with Crippen molar-refractivity contribution in [1.82, 2.24) is 29.2 Å². The van der Waals surface area contributed by atoms with E-state index in [1.807, 2.05) is 30.3 Å². The van der Waals surface area contributed by atoms with Crippen molar-refractivity contribution < 1.29 is 18.0 Å². The number of rotatable bonds is 6. The van der Waals surface area contributed by atoms with Crippen LogP contribution in [-0.2, 0) is 13.1 Å². The topological polar surface area (TPSA) is 68.8 Å². The molecule has 0 atom stereocenters. The largest absolute Gasteiger partial charge is 0.406 e. The van der Waals surface area contributed by atoms with Crippen LogP contribution in [0.1, 0.15) is 16.2 Å². The first-order chi connectivity index (χ1) is 15.3. The molecule has 3 heterocycles. The minimum atomic E-state index is -4.39. The van der Waals surface area contributed by atoms with E-state index in [1.165, 1.54) is 24.3 Å². The van der Waals surface area contributed by atoms with Crippen molar-refractivity contribution in [3.63, 3.8) is 0 Å². The lowest BCUT2D eigenvalue weighted by molar-refractivity contribution is -0.141. The average Bonchev–Trinajstić information content (AvgIpc) is 3.40. The van der Waals surface area contributed by atoms with Gasteiger partial charge in [0, 0.05) is 43.6 Å². The Hall–Kier alpha value is -3.95. The molecule has 0 unspecified atom stereocenters. The normalized spacial score (nSPS) is 11.5. The third kappa shape index (κ3) is 4.69. The summed E-state index contributed by atoms with van der Waals surface area (Å²) in [5, 5.41) is 4.58. The number of para-hydroxylation sites is 1. The van der Waals surface area contributed by atoms with Crippen molar-refractivity contribution in [1.29, 1.82) is 0 Å². The molecule has 4 aromatic rings. The summed E-state index contributed by atoms with van der Waals surface area (Å²) in [4.78, 5) is 22.7. The molecule has 32 heavy (non-hydrogen) atoms. The number of pyridine rings is 1. The molecule has 0 radical (unpaired) electrons. The van der Waals surface area contributed by atoms with Gasteiger partial charge in [-0.05, 0) is 24.3 Å². The van der Waals surface area contributed by atoms with Gasteiger partial charge in [-0.3, -0.25) is 9.78 Å². The van der Waals surface area contributed by atoms with Crippen molar-refractivity contribution in [3.8, 4) is 16.9 Å². The summed E-state index contributed by atoms with van der Waals surface area (Å²) < 4.78 is 41.0. The SMILES string of the molecule is CN(Cc1nccn1CC(F)(F)F)C(=O)c1cn(-c2ccccc2)nc1-c1cccnc1. The van der Waals surface area contributed by atoms with Crippen LogP contribution < -0.4 is 0 Å². The molecule has 10 heteroatoms. The standard InChI is InChI=1S/C22H19F3N6O/c1-29(14-19-27-10-11-30(19)15-22(23,24)25)21(32)18-13-31(17-7-3-2-4-8-17)28-20(18)16-6-5-9-26-12-16/h2-13H,14-15H2,1H3. The number of hydrogen-bond acceptors (Lipinski definition) is 4. The number of carbonyl (C=O) groups is 1. The van der Waals surface area contributed by atoms with Crippen molar-refractivity contribution in [2.45, 2.75) is 19.3 Å². The Balaban J connectivity index is 1.66. The van der Waals surface area contributed by atoms with E-state index >= 15 is 0 Å². The molecular weight excluding hydrogens is 421 g/mol. The first kappa shape index (κ1) is 21.3. The highest BCUT2D eigenvalue weighted by molar-refractivity contribution is 5.99. The van der Waals surface area contributed by atoms with Crippen LogP contribution in [0, 0.1) is 0 Å². The van der Waals surface area contributed by atoms with Gasteiger partial charge in [0.2, 0.25) is 0 Å². The van der Waals surface area contributed by atoms with E-state index in [-0.39, 0.29) is 12.4 Å². The van der Waals surface area contributed by atoms with E-state index in [0.29, 0.717) is 16.8 Å². The summed E-state index contributed by atoms with van der Waals surface area (Å²) in [5.74, 6) is -0.260. The predicted molar refractivity (Wildman–Crippen MR) is 111 cm³/mol. The molecule has 164 valence electrons.